The molecule has 2 heterocycles. The van der Waals surface area contributed by atoms with Gasteiger partial charge >= 0.3 is 0 Å². The zero-order chi connectivity index (χ0) is 38.6. The number of rotatable bonds is 5. The molecule has 1 spiro atoms. The largest absolute Gasteiger partial charge is 0.457 e. The Morgan fingerprint density at radius 3 is 1.62 bits per heavy atom. The van der Waals surface area contributed by atoms with E-state index >= 15 is 0 Å². The highest BCUT2D eigenvalue weighted by atomic mass is 16.5. The van der Waals surface area contributed by atoms with Crippen LogP contribution in [0.1, 0.15) is 27.8 Å². The van der Waals surface area contributed by atoms with E-state index in [2.05, 4.69) is 146 Å². The van der Waals surface area contributed by atoms with Crippen molar-refractivity contribution < 1.29 is 4.74 Å². The van der Waals surface area contributed by atoms with E-state index in [-0.39, 0.29) is 0 Å². The fourth-order valence-corrected chi connectivity index (χ4v) is 8.90. The summed E-state index contributed by atoms with van der Waals surface area (Å²) in [5.41, 5.74) is 16.2. The lowest BCUT2D eigenvalue weighted by atomic mass is 9.65. The number of benzene rings is 8. The lowest BCUT2D eigenvalue weighted by molar-refractivity contribution is 0.436. The molecule has 1 aromatic heterocycles. The number of ether oxygens (including phenoxy) is 1. The van der Waals surface area contributed by atoms with E-state index < -0.39 is 5.41 Å². The summed E-state index contributed by atoms with van der Waals surface area (Å²) in [6.07, 6.45) is 0. The molecular weight excluding hydrogens is 707 g/mol. The van der Waals surface area contributed by atoms with Crippen LogP contribution in [0, 0.1) is 11.3 Å². The van der Waals surface area contributed by atoms with Gasteiger partial charge in [0, 0.05) is 27.8 Å². The van der Waals surface area contributed by atoms with Crippen LogP contribution in [-0.2, 0) is 5.41 Å². The lowest BCUT2D eigenvalue weighted by Gasteiger charge is -2.39. The van der Waals surface area contributed by atoms with E-state index in [1.807, 2.05) is 60.7 Å². The van der Waals surface area contributed by atoms with E-state index in [1.165, 1.54) is 22.3 Å². The van der Waals surface area contributed by atoms with E-state index in [0.717, 1.165) is 73.0 Å². The van der Waals surface area contributed by atoms with Crippen molar-refractivity contribution in [2.45, 2.75) is 5.41 Å². The van der Waals surface area contributed by atoms with Crippen molar-refractivity contribution in [1.29, 1.82) is 5.26 Å². The number of nitrogens with zero attached hydrogens (tertiary/aromatic N) is 3. The first-order valence-electron chi connectivity index (χ1n) is 19.4. The van der Waals surface area contributed by atoms with E-state index in [1.54, 1.807) is 0 Å². The predicted molar refractivity (Wildman–Crippen MR) is 231 cm³/mol. The van der Waals surface area contributed by atoms with Crippen molar-refractivity contribution >= 4 is 0 Å². The summed E-state index contributed by atoms with van der Waals surface area (Å²) in [5.74, 6) is 2.37. The van der Waals surface area contributed by atoms with Crippen molar-refractivity contribution in [2.24, 2.45) is 0 Å². The maximum Gasteiger partial charge on any atom is 0.160 e. The molecule has 1 unspecified atom stereocenters. The van der Waals surface area contributed by atoms with Gasteiger partial charge in [-0.1, -0.05) is 158 Å². The van der Waals surface area contributed by atoms with Crippen LogP contribution in [0.5, 0.6) is 11.5 Å². The molecule has 8 aromatic carbocycles. The zero-order valence-corrected chi connectivity index (χ0v) is 31.3. The fourth-order valence-electron chi connectivity index (χ4n) is 8.90. The van der Waals surface area contributed by atoms with E-state index in [9.17, 15) is 5.26 Å². The number of aromatic nitrogens is 2. The van der Waals surface area contributed by atoms with Crippen LogP contribution >= 0.6 is 0 Å². The molecule has 1 aliphatic heterocycles. The summed E-state index contributed by atoms with van der Waals surface area (Å²) in [7, 11) is 0. The number of nitriles is 1. The van der Waals surface area contributed by atoms with Crippen molar-refractivity contribution in [2.75, 3.05) is 0 Å². The van der Waals surface area contributed by atoms with Crippen LogP contribution in [0.4, 0.5) is 0 Å². The lowest BCUT2D eigenvalue weighted by Crippen LogP contribution is -2.32. The number of hydrogen-bond donors (Lipinski definition) is 0. The molecule has 0 bridgehead atoms. The summed E-state index contributed by atoms with van der Waals surface area (Å²) in [4.78, 5) is 10.3. The van der Waals surface area contributed by atoms with Crippen molar-refractivity contribution in [3.05, 3.63) is 228 Å². The summed E-state index contributed by atoms with van der Waals surface area (Å²) in [6.45, 7) is 0. The first kappa shape index (κ1) is 33.5. The third-order valence-electron chi connectivity index (χ3n) is 11.6. The van der Waals surface area contributed by atoms with Gasteiger partial charge < -0.3 is 4.74 Å². The van der Waals surface area contributed by atoms with Gasteiger partial charge in [0.25, 0.3) is 0 Å². The highest BCUT2D eigenvalue weighted by molar-refractivity contribution is 5.91. The Morgan fingerprint density at radius 1 is 0.379 bits per heavy atom. The van der Waals surface area contributed by atoms with Gasteiger partial charge in [-0.05, 0) is 87.0 Å². The summed E-state index contributed by atoms with van der Waals surface area (Å²) >= 11 is 0. The molecule has 1 atom stereocenters. The van der Waals surface area contributed by atoms with Gasteiger partial charge in [0.15, 0.2) is 5.82 Å². The smallest absolute Gasteiger partial charge is 0.160 e. The van der Waals surface area contributed by atoms with Gasteiger partial charge in [-0.3, -0.25) is 0 Å². The van der Waals surface area contributed by atoms with E-state index in [0.29, 0.717) is 11.4 Å². The Hall–Kier alpha value is -7.87. The Kier molecular flexibility index (Phi) is 7.74. The van der Waals surface area contributed by atoms with Gasteiger partial charge in [-0.2, -0.15) is 5.26 Å². The average Bonchev–Trinajstić information content (AvgIpc) is 3.59. The number of hydrogen-bond acceptors (Lipinski definition) is 4. The summed E-state index contributed by atoms with van der Waals surface area (Å²) in [5, 5.41) is 9.29. The Labute approximate surface area is 337 Å². The van der Waals surface area contributed by atoms with Crippen molar-refractivity contribution in [1.82, 2.24) is 9.97 Å². The quantitative estimate of drug-likeness (QED) is 0.176. The third kappa shape index (κ3) is 5.29. The maximum absolute atomic E-state index is 9.29. The van der Waals surface area contributed by atoms with Crippen LogP contribution in [0.25, 0.3) is 67.3 Å². The molecule has 58 heavy (non-hydrogen) atoms. The predicted octanol–water partition coefficient (Wildman–Crippen LogP) is 13.2. The molecule has 2 aliphatic rings. The molecule has 0 saturated heterocycles. The molecule has 0 fully saturated rings. The molecule has 0 N–H and O–H groups in total. The molecule has 0 saturated carbocycles. The van der Waals surface area contributed by atoms with Crippen LogP contribution in [0.3, 0.4) is 0 Å². The minimum Gasteiger partial charge on any atom is -0.457 e. The summed E-state index contributed by atoms with van der Waals surface area (Å²) < 4.78 is 6.78. The Balaban J connectivity index is 1.11. The average molecular weight is 740 g/mol. The molecule has 1 aliphatic carbocycles. The first-order valence-corrected chi connectivity index (χ1v) is 19.4. The van der Waals surface area contributed by atoms with Gasteiger partial charge in [0.1, 0.15) is 11.5 Å². The second kappa shape index (κ2) is 13.4. The molecular formula is C54H33N3O. The standard InChI is InChI=1S/C54H33N3O/c55-34-35-19-21-36(22-20-35)37-23-25-38(26-24-37)41-28-30-52-48(31-41)54(46-17-9-10-18-51(46)58-52)45-16-8-7-15-43(45)44-29-27-42(32-47(44)54)50-33-49(39-11-3-1-4-12-39)56-53(57-50)40-13-5-2-6-14-40/h1-33H. The molecule has 11 rings (SSSR count). The van der Waals surface area contributed by atoms with Crippen molar-refractivity contribution in [3.63, 3.8) is 0 Å². The molecule has 270 valence electrons. The normalized spacial score (nSPS) is 14.4. The van der Waals surface area contributed by atoms with Crippen LogP contribution in [0.2, 0.25) is 0 Å². The van der Waals surface area contributed by atoms with E-state index in [4.69, 9.17) is 14.7 Å². The van der Waals surface area contributed by atoms with Crippen LogP contribution in [-0.4, -0.2) is 9.97 Å². The number of fused-ring (bicyclic) bond motifs is 9. The second-order valence-electron chi connectivity index (χ2n) is 14.8. The van der Waals surface area contributed by atoms with Gasteiger partial charge in [-0.25, -0.2) is 9.97 Å². The van der Waals surface area contributed by atoms with Gasteiger partial charge in [0.2, 0.25) is 0 Å². The molecule has 0 radical (unpaired) electrons. The molecule has 4 nitrogen and oxygen atoms in total. The van der Waals surface area contributed by atoms with Gasteiger partial charge in [0.05, 0.1) is 28.4 Å². The van der Waals surface area contributed by atoms with Crippen LogP contribution < -0.4 is 4.74 Å². The maximum atomic E-state index is 9.29. The minimum absolute atomic E-state index is 0.653. The highest BCUT2D eigenvalue weighted by Gasteiger charge is 2.51. The second-order valence-corrected chi connectivity index (χ2v) is 14.8. The minimum atomic E-state index is -0.665. The molecule has 9 aromatic rings. The zero-order valence-electron chi connectivity index (χ0n) is 31.3. The molecule has 0 amide bonds. The van der Waals surface area contributed by atoms with Crippen molar-refractivity contribution in [3.8, 4) is 84.9 Å². The molecule has 4 heteroatoms. The SMILES string of the molecule is N#Cc1ccc(-c2ccc(-c3ccc4c(c3)C3(c5ccccc5O4)c4ccccc4-c4ccc(-c5cc(-c6ccccc6)nc(-c6ccccc6)n5)cc43)cc2)cc1. The van der Waals surface area contributed by atoms with Crippen LogP contribution in [0.15, 0.2) is 200 Å². The Morgan fingerprint density at radius 2 is 0.897 bits per heavy atom. The highest BCUT2D eigenvalue weighted by Crippen LogP contribution is 2.62. The topological polar surface area (TPSA) is 58.8 Å². The fraction of sp³-hybridized carbons (Fsp3) is 0.0185. The monoisotopic (exact) mass is 739 g/mol. The van der Waals surface area contributed by atoms with Gasteiger partial charge in [-0.15, -0.1) is 0 Å². The third-order valence-corrected chi connectivity index (χ3v) is 11.6. The Bertz CT molecular complexity index is 3020. The first-order chi connectivity index (χ1) is 28.7. The number of para-hydroxylation sites is 1. The summed E-state index contributed by atoms with van der Waals surface area (Å²) in [6, 6.07) is 72.0.